The van der Waals surface area contributed by atoms with E-state index in [1.54, 1.807) is 36.6 Å². The van der Waals surface area contributed by atoms with Crippen LogP contribution in [-0.4, -0.2) is 33.4 Å². The Morgan fingerprint density at radius 2 is 1.95 bits per heavy atom. The van der Waals surface area contributed by atoms with Gasteiger partial charge in [-0.3, -0.25) is 19.9 Å². The van der Waals surface area contributed by atoms with Crippen molar-refractivity contribution in [3.63, 3.8) is 0 Å². The number of nitrogens with zero attached hydrogens (tertiary/aromatic N) is 2. The summed E-state index contributed by atoms with van der Waals surface area (Å²) in [6, 6.07) is 8.08. The lowest BCUT2D eigenvalue weighted by molar-refractivity contribution is 0.0962. The van der Waals surface area contributed by atoms with Gasteiger partial charge in [-0.25, -0.2) is 4.98 Å². The first kappa shape index (κ1) is 14.9. The summed E-state index contributed by atoms with van der Waals surface area (Å²) >= 11 is 0. The van der Waals surface area contributed by atoms with Gasteiger partial charge in [0.2, 0.25) is 11.8 Å². The number of anilines is 1. The molecule has 1 aromatic carbocycles. The molecule has 1 aromatic heterocycles. The van der Waals surface area contributed by atoms with Crippen LogP contribution in [0, 0.1) is 0 Å². The fourth-order valence-corrected chi connectivity index (χ4v) is 2.02. The number of carbonyl (C=O) groups is 1. The van der Waals surface area contributed by atoms with Crippen LogP contribution >= 0.6 is 0 Å². The highest BCUT2D eigenvalue weighted by atomic mass is 32.2. The van der Waals surface area contributed by atoms with Crippen molar-refractivity contribution in [2.75, 3.05) is 18.8 Å². The van der Waals surface area contributed by atoms with Gasteiger partial charge in [0.05, 0.1) is 7.11 Å². The van der Waals surface area contributed by atoms with E-state index in [2.05, 4.69) is 20.8 Å². The topological polar surface area (TPSA) is 93.2 Å². The quantitative estimate of drug-likeness (QED) is 0.800. The van der Waals surface area contributed by atoms with Gasteiger partial charge in [0.15, 0.2) is 0 Å². The van der Waals surface area contributed by atoms with E-state index in [1.165, 1.54) is 13.3 Å². The standard InChI is InChI=1S/C13H14N4O3S/c1-20-11-7-8-14-13(15-11)17-16-12(18)9-3-5-10(6-4-9)21(2)19/h3-8H,1-2H3,(H,16,18)(H,14,15,17). The van der Waals surface area contributed by atoms with Crippen LogP contribution in [0.4, 0.5) is 5.95 Å². The van der Waals surface area contributed by atoms with Crippen LogP contribution in [0.1, 0.15) is 10.4 Å². The summed E-state index contributed by atoms with van der Waals surface area (Å²) in [6.45, 7) is 0. The number of amides is 1. The Bertz CT molecular complexity index is 661. The lowest BCUT2D eigenvalue weighted by Gasteiger charge is -2.08. The van der Waals surface area contributed by atoms with Crippen molar-refractivity contribution in [3.05, 3.63) is 42.1 Å². The fourth-order valence-electron chi connectivity index (χ4n) is 1.50. The van der Waals surface area contributed by atoms with Gasteiger partial charge in [0.1, 0.15) is 0 Å². The molecule has 2 rings (SSSR count). The van der Waals surface area contributed by atoms with E-state index in [0.717, 1.165) is 0 Å². The molecular formula is C13H14N4O3S. The van der Waals surface area contributed by atoms with Crippen molar-refractivity contribution in [3.8, 4) is 5.88 Å². The zero-order valence-electron chi connectivity index (χ0n) is 11.5. The summed E-state index contributed by atoms with van der Waals surface area (Å²) in [5, 5.41) is 0. The van der Waals surface area contributed by atoms with E-state index in [1.807, 2.05) is 0 Å². The molecule has 8 heteroatoms. The van der Waals surface area contributed by atoms with Crippen molar-refractivity contribution in [2.24, 2.45) is 0 Å². The number of hydrogen-bond acceptors (Lipinski definition) is 6. The van der Waals surface area contributed by atoms with Crippen LogP contribution in [0.3, 0.4) is 0 Å². The lowest BCUT2D eigenvalue weighted by Crippen LogP contribution is -2.30. The van der Waals surface area contributed by atoms with Gasteiger partial charge in [-0.15, -0.1) is 0 Å². The molecule has 0 bridgehead atoms. The summed E-state index contributed by atoms with van der Waals surface area (Å²) in [5.41, 5.74) is 5.49. The van der Waals surface area contributed by atoms with E-state index in [4.69, 9.17) is 4.74 Å². The molecule has 1 unspecified atom stereocenters. The lowest BCUT2D eigenvalue weighted by atomic mass is 10.2. The Morgan fingerprint density at radius 1 is 1.24 bits per heavy atom. The van der Waals surface area contributed by atoms with Gasteiger partial charge in [0.25, 0.3) is 5.91 Å². The Hall–Kier alpha value is -2.48. The monoisotopic (exact) mass is 306 g/mol. The molecule has 1 amide bonds. The average Bonchev–Trinajstić information content (AvgIpc) is 2.53. The van der Waals surface area contributed by atoms with Crippen molar-refractivity contribution < 1.29 is 13.7 Å². The molecule has 2 aromatic rings. The summed E-state index contributed by atoms with van der Waals surface area (Å²) < 4.78 is 16.2. The van der Waals surface area contributed by atoms with Crippen molar-refractivity contribution in [1.82, 2.24) is 15.4 Å². The van der Waals surface area contributed by atoms with E-state index in [-0.39, 0.29) is 11.9 Å². The molecular weight excluding hydrogens is 292 g/mol. The molecule has 110 valence electrons. The van der Waals surface area contributed by atoms with Crippen LogP contribution < -0.4 is 15.6 Å². The maximum Gasteiger partial charge on any atom is 0.269 e. The molecule has 1 atom stereocenters. The summed E-state index contributed by atoms with van der Waals surface area (Å²) in [4.78, 5) is 20.5. The van der Waals surface area contributed by atoms with E-state index < -0.39 is 10.8 Å². The highest BCUT2D eigenvalue weighted by Gasteiger charge is 2.07. The highest BCUT2D eigenvalue weighted by Crippen LogP contribution is 2.08. The number of methoxy groups -OCH3 is 1. The van der Waals surface area contributed by atoms with Crippen LogP contribution in [0.15, 0.2) is 41.4 Å². The summed E-state index contributed by atoms with van der Waals surface area (Å²) in [6.07, 6.45) is 3.09. The zero-order chi connectivity index (χ0) is 15.2. The van der Waals surface area contributed by atoms with Crippen LogP contribution in [0.25, 0.3) is 0 Å². The fraction of sp³-hybridized carbons (Fsp3) is 0.154. The summed E-state index contributed by atoms with van der Waals surface area (Å²) in [7, 11) is 0.421. The van der Waals surface area contributed by atoms with E-state index >= 15 is 0 Å². The highest BCUT2D eigenvalue weighted by molar-refractivity contribution is 7.84. The third-order valence-corrected chi connectivity index (χ3v) is 3.51. The molecule has 21 heavy (non-hydrogen) atoms. The number of benzene rings is 1. The molecule has 0 saturated heterocycles. The minimum Gasteiger partial charge on any atom is -0.481 e. The Kier molecular flexibility index (Phi) is 4.83. The SMILES string of the molecule is COc1ccnc(NNC(=O)c2ccc(S(C)=O)cc2)n1. The molecule has 7 nitrogen and oxygen atoms in total. The van der Waals surface area contributed by atoms with Crippen LogP contribution in [0.2, 0.25) is 0 Å². The largest absolute Gasteiger partial charge is 0.481 e. The normalized spacial score (nSPS) is 11.5. The van der Waals surface area contributed by atoms with Crippen molar-refractivity contribution >= 4 is 22.7 Å². The second kappa shape index (κ2) is 6.80. The van der Waals surface area contributed by atoms with E-state index in [9.17, 15) is 9.00 Å². The molecule has 0 aliphatic carbocycles. The number of carbonyl (C=O) groups excluding carboxylic acids is 1. The van der Waals surface area contributed by atoms with Gasteiger partial charge in [-0.1, -0.05) is 0 Å². The smallest absolute Gasteiger partial charge is 0.269 e. The molecule has 0 saturated carbocycles. The third kappa shape index (κ3) is 3.99. The summed E-state index contributed by atoms with van der Waals surface area (Å²) in [5.74, 6) is 0.250. The molecule has 0 aliphatic heterocycles. The first-order valence-corrected chi connectivity index (χ1v) is 7.53. The maximum absolute atomic E-state index is 11.9. The average molecular weight is 306 g/mol. The molecule has 0 fully saturated rings. The number of rotatable bonds is 5. The second-order valence-corrected chi connectivity index (χ2v) is 5.36. The molecule has 1 heterocycles. The van der Waals surface area contributed by atoms with Crippen molar-refractivity contribution in [1.29, 1.82) is 0 Å². The number of nitrogens with one attached hydrogen (secondary N) is 2. The Labute approximate surface area is 124 Å². The zero-order valence-corrected chi connectivity index (χ0v) is 12.3. The minimum absolute atomic E-state index is 0.217. The molecule has 0 radical (unpaired) electrons. The molecule has 0 aliphatic rings. The van der Waals surface area contributed by atoms with E-state index in [0.29, 0.717) is 16.3 Å². The number of hydrogen-bond donors (Lipinski definition) is 2. The minimum atomic E-state index is -1.07. The number of aromatic nitrogens is 2. The van der Waals surface area contributed by atoms with Gasteiger partial charge in [-0.05, 0) is 24.3 Å². The third-order valence-electron chi connectivity index (χ3n) is 2.58. The molecule has 2 N–H and O–H groups in total. The Balaban J connectivity index is 1.99. The Morgan fingerprint density at radius 3 is 2.57 bits per heavy atom. The second-order valence-electron chi connectivity index (χ2n) is 3.98. The number of ether oxygens (including phenoxy) is 1. The molecule has 0 spiro atoms. The maximum atomic E-state index is 11.9. The van der Waals surface area contributed by atoms with Gasteiger partial charge in [-0.2, -0.15) is 4.98 Å². The predicted octanol–water partition coefficient (Wildman–Crippen LogP) is 0.979. The van der Waals surface area contributed by atoms with Gasteiger partial charge < -0.3 is 4.74 Å². The predicted molar refractivity (Wildman–Crippen MR) is 78.4 cm³/mol. The van der Waals surface area contributed by atoms with Gasteiger partial charge >= 0.3 is 0 Å². The van der Waals surface area contributed by atoms with Crippen molar-refractivity contribution in [2.45, 2.75) is 4.90 Å². The number of hydrazine groups is 1. The van der Waals surface area contributed by atoms with Crippen LogP contribution in [0.5, 0.6) is 5.88 Å². The first-order chi connectivity index (χ1) is 10.1. The van der Waals surface area contributed by atoms with Gasteiger partial charge in [0, 0.05) is 39.8 Å². The van der Waals surface area contributed by atoms with Crippen LogP contribution in [-0.2, 0) is 10.8 Å². The first-order valence-electron chi connectivity index (χ1n) is 5.97.